The van der Waals surface area contributed by atoms with Crippen LogP contribution in [-0.4, -0.2) is 31.9 Å². The van der Waals surface area contributed by atoms with Crippen LogP contribution in [0.1, 0.15) is 12.8 Å². The van der Waals surface area contributed by atoms with E-state index in [9.17, 15) is 8.42 Å². The Kier molecular flexibility index (Phi) is 4.39. The molecule has 1 unspecified atom stereocenters. The monoisotopic (exact) mass is 334 g/mol. The summed E-state index contributed by atoms with van der Waals surface area (Å²) in [6.07, 6.45) is 1.62. The number of hydrogen-bond donors (Lipinski definition) is 1. The molecule has 0 radical (unpaired) electrons. The Labute approximate surface area is 115 Å². The van der Waals surface area contributed by atoms with Crippen LogP contribution in [0.15, 0.2) is 33.6 Å². The van der Waals surface area contributed by atoms with E-state index >= 15 is 0 Å². The van der Waals surface area contributed by atoms with Crippen LogP contribution in [0.3, 0.4) is 0 Å². The van der Waals surface area contributed by atoms with Crippen LogP contribution in [0.5, 0.6) is 0 Å². The molecule has 0 aromatic heterocycles. The summed E-state index contributed by atoms with van der Waals surface area (Å²) in [5.74, 6) is 5.04. The lowest BCUT2D eigenvalue weighted by atomic mass is 10.2. The Bertz CT molecular complexity index is 504. The predicted octanol–water partition coefficient (Wildman–Crippen LogP) is 1.49. The van der Waals surface area contributed by atoms with Gasteiger partial charge in [0, 0.05) is 11.0 Å². The fourth-order valence-electron chi connectivity index (χ4n) is 2.15. The van der Waals surface area contributed by atoms with Crippen LogP contribution in [0.25, 0.3) is 0 Å². The van der Waals surface area contributed by atoms with Gasteiger partial charge in [-0.2, -0.15) is 4.31 Å². The van der Waals surface area contributed by atoms with Crippen molar-refractivity contribution in [2.45, 2.75) is 23.8 Å². The molecule has 2 rings (SSSR count). The van der Waals surface area contributed by atoms with Crippen LogP contribution in [0.2, 0.25) is 0 Å². The number of nitrogens with two attached hydrogens (primary N) is 1. The van der Waals surface area contributed by atoms with E-state index in [1.807, 2.05) is 0 Å². The van der Waals surface area contributed by atoms with Gasteiger partial charge in [0.15, 0.2) is 0 Å². The van der Waals surface area contributed by atoms with Gasteiger partial charge in [-0.25, -0.2) is 14.3 Å². The van der Waals surface area contributed by atoms with E-state index in [0.29, 0.717) is 11.4 Å². The number of halogens is 1. The molecule has 2 N–H and O–H groups in total. The van der Waals surface area contributed by atoms with E-state index in [0.717, 1.165) is 17.3 Å². The Hall–Kier alpha value is -0.470. The Balaban J connectivity index is 2.27. The molecule has 5 nitrogen and oxygen atoms in total. The molecule has 0 amide bonds. The zero-order valence-corrected chi connectivity index (χ0v) is 12.2. The van der Waals surface area contributed by atoms with Crippen molar-refractivity contribution in [2.75, 3.05) is 13.2 Å². The van der Waals surface area contributed by atoms with Crippen molar-refractivity contribution in [3.8, 4) is 0 Å². The maximum absolute atomic E-state index is 12.4. The molecule has 1 aromatic rings. The summed E-state index contributed by atoms with van der Waals surface area (Å²) in [5.41, 5.74) is 0. The molecule has 0 aliphatic carbocycles. The largest absolute Gasteiger partial charge is 0.303 e. The molecule has 1 aliphatic rings. The van der Waals surface area contributed by atoms with Crippen molar-refractivity contribution in [2.24, 2.45) is 5.90 Å². The van der Waals surface area contributed by atoms with E-state index in [-0.39, 0.29) is 12.6 Å². The topological polar surface area (TPSA) is 72.6 Å². The molecule has 0 spiro atoms. The van der Waals surface area contributed by atoms with Gasteiger partial charge in [0.1, 0.15) is 0 Å². The van der Waals surface area contributed by atoms with Gasteiger partial charge in [0.25, 0.3) is 0 Å². The van der Waals surface area contributed by atoms with E-state index in [1.165, 1.54) is 4.31 Å². The first-order valence-electron chi connectivity index (χ1n) is 5.65. The molecule has 0 saturated carbocycles. The predicted molar refractivity (Wildman–Crippen MR) is 71.2 cm³/mol. The first-order valence-corrected chi connectivity index (χ1v) is 7.88. The minimum atomic E-state index is -3.45. The average Bonchev–Trinajstić information content (AvgIpc) is 2.79. The fraction of sp³-hybridized carbons (Fsp3) is 0.455. The second kappa shape index (κ2) is 5.66. The SMILES string of the molecule is NOCC1CCCN1S(=O)(=O)c1ccc(Br)cc1. The van der Waals surface area contributed by atoms with Gasteiger partial charge < -0.3 is 4.84 Å². The molecular formula is C11H15BrN2O3S. The first kappa shape index (κ1) is 14.0. The van der Waals surface area contributed by atoms with Crippen molar-refractivity contribution in [1.29, 1.82) is 0 Å². The lowest BCUT2D eigenvalue weighted by Gasteiger charge is -2.23. The highest BCUT2D eigenvalue weighted by Crippen LogP contribution is 2.26. The third-order valence-electron chi connectivity index (χ3n) is 3.03. The fourth-order valence-corrected chi connectivity index (χ4v) is 4.09. The summed E-state index contributed by atoms with van der Waals surface area (Å²) in [6.45, 7) is 0.752. The molecule has 7 heteroatoms. The van der Waals surface area contributed by atoms with Crippen molar-refractivity contribution >= 4 is 26.0 Å². The van der Waals surface area contributed by atoms with E-state index in [1.54, 1.807) is 24.3 Å². The van der Waals surface area contributed by atoms with Crippen LogP contribution in [0, 0.1) is 0 Å². The molecule has 1 fully saturated rings. The molecule has 1 atom stereocenters. The van der Waals surface area contributed by atoms with Gasteiger partial charge in [-0.15, -0.1) is 0 Å². The van der Waals surface area contributed by atoms with Crippen LogP contribution in [0.4, 0.5) is 0 Å². The van der Waals surface area contributed by atoms with Crippen molar-refractivity contribution in [1.82, 2.24) is 4.31 Å². The molecule has 0 bridgehead atoms. The summed E-state index contributed by atoms with van der Waals surface area (Å²) in [5, 5.41) is 0. The molecule has 1 aliphatic heterocycles. The standard InChI is InChI=1S/C11H15BrN2O3S/c12-9-3-5-11(6-4-9)18(15,16)14-7-1-2-10(14)8-17-13/h3-6,10H,1-2,7-8,13H2. The summed E-state index contributed by atoms with van der Waals surface area (Å²) < 4.78 is 27.2. The quantitative estimate of drug-likeness (QED) is 0.847. The maximum Gasteiger partial charge on any atom is 0.243 e. The number of hydrogen-bond acceptors (Lipinski definition) is 4. The second-order valence-electron chi connectivity index (χ2n) is 4.20. The molecule has 18 heavy (non-hydrogen) atoms. The highest BCUT2D eigenvalue weighted by molar-refractivity contribution is 9.10. The van der Waals surface area contributed by atoms with Crippen molar-refractivity contribution < 1.29 is 13.3 Å². The number of rotatable bonds is 4. The Morgan fingerprint density at radius 1 is 1.39 bits per heavy atom. The second-order valence-corrected chi connectivity index (χ2v) is 7.01. The third kappa shape index (κ3) is 2.75. The van der Waals surface area contributed by atoms with Crippen LogP contribution >= 0.6 is 15.9 Å². The molecule has 1 heterocycles. The summed E-state index contributed by atoms with van der Waals surface area (Å²) in [4.78, 5) is 4.89. The molecule has 1 saturated heterocycles. The van der Waals surface area contributed by atoms with E-state index < -0.39 is 10.0 Å². The highest BCUT2D eigenvalue weighted by atomic mass is 79.9. The average molecular weight is 335 g/mol. The van der Waals surface area contributed by atoms with Gasteiger partial charge in [-0.3, -0.25) is 0 Å². The summed E-state index contributed by atoms with van der Waals surface area (Å²) in [6, 6.07) is 6.47. The Morgan fingerprint density at radius 3 is 2.67 bits per heavy atom. The summed E-state index contributed by atoms with van der Waals surface area (Å²) >= 11 is 3.29. The third-order valence-corrected chi connectivity index (χ3v) is 5.53. The zero-order chi connectivity index (χ0) is 13.2. The normalized spacial score (nSPS) is 21.3. The van der Waals surface area contributed by atoms with Crippen molar-refractivity contribution in [3.63, 3.8) is 0 Å². The maximum atomic E-state index is 12.4. The number of nitrogens with zero attached hydrogens (tertiary/aromatic N) is 1. The van der Waals surface area contributed by atoms with Gasteiger partial charge >= 0.3 is 0 Å². The van der Waals surface area contributed by atoms with Crippen LogP contribution < -0.4 is 5.90 Å². The molecular weight excluding hydrogens is 320 g/mol. The smallest absolute Gasteiger partial charge is 0.243 e. The van der Waals surface area contributed by atoms with Gasteiger partial charge in [0.05, 0.1) is 17.5 Å². The summed E-state index contributed by atoms with van der Waals surface area (Å²) in [7, 11) is -3.45. The van der Waals surface area contributed by atoms with Gasteiger partial charge in [-0.05, 0) is 37.1 Å². The minimum Gasteiger partial charge on any atom is -0.303 e. The van der Waals surface area contributed by atoms with Crippen LogP contribution in [-0.2, 0) is 14.9 Å². The van der Waals surface area contributed by atoms with Crippen molar-refractivity contribution in [3.05, 3.63) is 28.7 Å². The first-order chi connectivity index (χ1) is 8.55. The highest BCUT2D eigenvalue weighted by Gasteiger charge is 2.35. The van der Waals surface area contributed by atoms with E-state index in [4.69, 9.17) is 5.90 Å². The zero-order valence-electron chi connectivity index (χ0n) is 9.75. The van der Waals surface area contributed by atoms with Gasteiger partial charge in [-0.1, -0.05) is 15.9 Å². The number of benzene rings is 1. The minimum absolute atomic E-state index is 0.163. The Morgan fingerprint density at radius 2 is 2.06 bits per heavy atom. The molecule has 1 aromatic carbocycles. The lowest BCUT2D eigenvalue weighted by molar-refractivity contribution is 0.101. The number of sulfonamides is 1. The van der Waals surface area contributed by atoms with Gasteiger partial charge in [0.2, 0.25) is 10.0 Å². The molecule has 100 valence electrons. The van der Waals surface area contributed by atoms with E-state index in [2.05, 4.69) is 20.8 Å². The lowest BCUT2D eigenvalue weighted by Crippen LogP contribution is -2.38.